The first-order valence-electron chi connectivity index (χ1n) is 8.11. The summed E-state index contributed by atoms with van der Waals surface area (Å²) in [6.45, 7) is 3.14. The summed E-state index contributed by atoms with van der Waals surface area (Å²) >= 11 is 7.51. The zero-order chi connectivity index (χ0) is 17.5. The molecule has 1 fully saturated rings. The Labute approximate surface area is 156 Å². The van der Waals surface area contributed by atoms with E-state index in [0.717, 1.165) is 43.4 Å². The van der Waals surface area contributed by atoms with Crippen LogP contribution in [0.25, 0.3) is 0 Å². The Kier molecular flexibility index (Phi) is 6.55. The number of ether oxygens (including phenoxy) is 1. The highest BCUT2D eigenvalue weighted by Crippen LogP contribution is 2.18. The van der Waals surface area contributed by atoms with Crippen LogP contribution in [0.15, 0.2) is 42.6 Å². The third-order valence-electron chi connectivity index (χ3n) is 3.76. The van der Waals surface area contributed by atoms with E-state index in [4.69, 9.17) is 16.3 Å². The maximum Gasteiger partial charge on any atom is 0.234 e. The van der Waals surface area contributed by atoms with Crippen LogP contribution in [0.4, 0.5) is 11.5 Å². The lowest BCUT2D eigenvalue weighted by molar-refractivity contribution is -0.113. The Morgan fingerprint density at radius 3 is 2.84 bits per heavy atom. The number of nitrogens with one attached hydrogen (secondary N) is 1. The fourth-order valence-corrected chi connectivity index (χ4v) is 3.51. The van der Waals surface area contributed by atoms with Crippen molar-refractivity contribution in [2.45, 2.75) is 5.75 Å². The van der Waals surface area contributed by atoms with Gasteiger partial charge in [-0.05, 0) is 29.8 Å². The van der Waals surface area contributed by atoms with E-state index in [2.05, 4.69) is 15.2 Å². The minimum Gasteiger partial charge on any atom is -0.378 e. The first-order valence-corrected chi connectivity index (χ1v) is 9.65. The van der Waals surface area contributed by atoms with Gasteiger partial charge in [0.15, 0.2) is 0 Å². The average molecular weight is 378 g/mol. The molecule has 7 heteroatoms. The zero-order valence-corrected chi connectivity index (χ0v) is 15.4. The number of rotatable bonds is 6. The number of amides is 1. The number of aromatic nitrogens is 1. The Balaban J connectivity index is 1.44. The van der Waals surface area contributed by atoms with Gasteiger partial charge in [-0.15, -0.1) is 11.8 Å². The van der Waals surface area contributed by atoms with Crippen molar-refractivity contribution in [2.75, 3.05) is 42.3 Å². The van der Waals surface area contributed by atoms with E-state index in [9.17, 15) is 4.79 Å². The molecule has 1 aromatic carbocycles. The lowest BCUT2D eigenvalue weighted by Crippen LogP contribution is -2.36. The van der Waals surface area contributed by atoms with Crippen LogP contribution >= 0.6 is 23.4 Å². The SMILES string of the molecule is O=C(CSCc1cccc(Cl)c1)Nc1ccc(N2CCOCC2)nc1. The monoisotopic (exact) mass is 377 g/mol. The number of thioether (sulfide) groups is 1. The van der Waals surface area contributed by atoms with Crippen LogP contribution in [0.2, 0.25) is 5.02 Å². The Bertz CT molecular complexity index is 706. The van der Waals surface area contributed by atoms with Gasteiger partial charge in [0, 0.05) is 23.9 Å². The van der Waals surface area contributed by atoms with Gasteiger partial charge in [0.25, 0.3) is 0 Å². The summed E-state index contributed by atoms with van der Waals surface area (Å²) in [4.78, 5) is 18.6. The second kappa shape index (κ2) is 9.08. The van der Waals surface area contributed by atoms with Crippen molar-refractivity contribution < 1.29 is 9.53 Å². The summed E-state index contributed by atoms with van der Waals surface area (Å²) in [5.74, 6) is 2.02. The van der Waals surface area contributed by atoms with E-state index < -0.39 is 0 Å². The molecule has 1 aliphatic rings. The van der Waals surface area contributed by atoms with Gasteiger partial charge >= 0.3 is 0 Å². The Morgan fingerprint density at radius 2 is 2.12 bits per heavy atom. The van der Waals surface area contributed by atoms with E-state index in [-0.39, 0.29) is 5.91 Å². The molecule has 2 heterocycles. The molecule has 5 nitrogen and oxygen atoms in total. The van der Waals surface area contributed by atoms with E-state index in [1.54, 1.807) is 18.0 Å². The topological polar surface area (TPSA) is 54.5 Å². The summed E-state index contributed by atoms with van der Waals surface area (Å²) in [6.07, 6.45) is 1.70. The molecule has 25 heavy (non-hydrogen) atoms. The van der Waals surface area contributed by atoms with Crippen LogP contribution in [-0.2, 0) is 15.3 Å². The van der Waals surface area contributed by atoms with Crippen molar-refractivity contribution in [3.63, 3.8) is 0 Å². The number of hydrogen-bond donors (Lipinski definition) is 1. The quantitative estimate of drug-likeness (QED) is 0.835. The summed E-state index contributed by atoms with van der Waals surface area (Å²) < 4.78 is 5.34. The maximum absolute atomic E-state index is 12.0. The molecule has 1 saturated heterocycles. The highest BCUT2D eigenvalue weighted by Gasteiger charge is 2.12. The van der Waals surface area contributed by atoms with Crippen LogP contribution in [0.1, 0.15) is 5.56 Å². The summed E-state index contributed by atoms with van der Waals surface area (Å²) in [5, 5.41) is 3.59. The molecule has 3 rings (SSSR count). The minimum atomic E-state index is -0.0343. The summed E-state index contributed by atoms with van der Waals surface area (Å²) in [6, 6.07) is 11.5. The lowest BCUT2D eigenvalue weighted by Gasteiger charge is -2.27. The maximum atomic E-state index is 12.0. The van der Waals surface area contributed by atoms with Crippen molar-refractivity contribution in [3.8, 4) is 0 Å². The van der Waals surface area contributed by atoms with Gasteiger partial charge < -0.3 is 15.0 Å². The fourth-order valence-electron chi connectivity index (χ4n) is 2.52. The number of nitrogens with zero attached hydrogens (tertiary/aromatic N) is 2. The molecule has 0 saturated carbocycles. The van der Waals surface area contributed by atoms with Gasteiger partial charge in [-0.2, -0.15) is 0 Å². The van der Waals surface area contributed by atoms with E-state index >= 15 is 0 Å². The van der Waals surface area contributed by atoms with Gasteiger partial charge in [-0.3, -0.25) is 4.79 Å². The smallest absolute Gasteiger partial charge is 0.234 e. The summed E-state index contributed by atoms with van der Waals surface area (Å²) in [5.41, 5.74) is 1.83. The molecular formula is C18H20ClN3O2S. The van der Waals surface area contributed by atoms with Crippen LogP contribution < -0.4 is 10.2 Å². The Hall–Kier alpha value is -1.76. The molecule has 0 spiro atoms. The number of anilines is 2. The predicted molar refractivity (Wildman–Crippen MR) is 104 cm³/mol. The second-order valence-corrected chi connectivity index (χ2v) is 7.10. The van der Waals surface area contributed by atoms with Gasteiger partial charge in [0.1, 0.15) is 5.82 Å². The normalized spacial score (nSPS) is 14.4. The highest BCUT2D eigenvalue weighted by atomic mass is 35.5. The number of halogens is 1. The van der Waals surface area contributed by atoms with Gasteiger partial charge in [-0.25, -0.2) is 4.98 Å². The molecule has 0 atom stereocenters. The van der Waals surface area contributed by atoms with Crippen LogP contribution in [-0.4, -0.2) is 42.9 Å². The largest absolute Gasteiger partial charge is 0.378 e. The second-order valence-electron chi connectivity index (χ2n) is 5.68. The van der Waals surface area contributed by atoms with Gasteiger partial charge in [0.05, 0.1) is 30.9 Å². The number of morpholine rings is 1. The number of hydrogen-bond acceptors (Lipinski definition) is 5. The van der Waals surface area contributed by atoms with Crippen molar-refractivity contribution in [2.24, 2.45) is 0 Å². The van der Waals surface area contributed by atoms with Crippen molar-refractivity contribution in [1.82, 2.24) is 4.98 Å². The van der Waals surface area contributed by atoms with Crippen molar-refractivity contribution >= 4 is 40.8 Å². The number of pyridine rings is 1. The van der Waals surface area contributed by atoms with Gasteiger partial charge in [0.2, 0.25) is 5.91 Å². The van der Waals surface area contributed by atoms with Crippen molar-refractivity contribution in [1.29, 1.82) is 0 Å². The lowest BCUT2D eigenvalue weighted by atomic mass is 10.2. The highest BCUT2D eigenvalue weighted by molar-refractivity contribution is 7.99. The molecule has 0 bridgehead atoms. The standard InChI is InChI=1S/C18H20ClN3O2S/c19-15-3-1-2-14(10-15)12-25-13-18(23)21-16-4-5-17(20-11-16)22-6-8-24-9-7-22/h1-5,10-11H,6-9,12-13H2,(H,21,23). The van der Waals surface area contributed by atoms with E-state index in [1.807, 2.05) is 36.4 Å². The number of benzene rings is 1. The molecule has 1 aliphatic heterocycles. The van der Waals surface area contributed by atoms with Gasteiger partial charge in [-0.1, -0.05) is 23.7 Å². The van der Waals surface area contributed by atoms with Crippen molar-refractivity contribution in [3.05, 3.63) is 53.2 Å². The molecule has 0 radical (unpaired) electrons. The summed E-state index contributed by atoms with van der Waals surface area (Å²) in [7, 11) is 0. The fraction of sp³-hybridized carbons (Fsp3) is 0.333. The molecule has 2 aromatic rings. The number of carbonyl (C=O) groups is 1. The van der Waals surface area contributed by atoms with Crippen LogP contribution in [0.5, 0.6) is 0 Å². The first kappa shape index (κ1) is 18.0. The predicted octanol–water partition coefficient (Wildman–Crippen LogP) is 3.44. The van der Waals surface area contributed by atoms with E-state index in [0.29, 0.717) is 16.5 Å². The molecular weight excluding hydrogens is 358 g/mol. The molecule has 132 valence electrons. The third-order valence-corrected chi connectivity index (χ3v) is 5.00. The molecule has 0 aliphatic carbocycles. The zero-order valence-electron chi connectivity index (χ0n) is 13.8. The average Bonchev–Trinajstić information content (AvgIpc) is 2.63. The molecule has 0 unspecified atom stereocenters. The molecule has 1 N–H and O–H groups in total. The van der Waals surface area contributed by atoms with Crippen LogP contribution in [0, 0.1) is 0 Å². The van der Waals surface area contributed by atoms with E-state index in [1.165, 1.54) is 0 Å². The molecule has 1 amide bonds. The Morgan fingerprint density at radius 1 is 1.28 bits per heavy atom. The number of carbonyl (C=O) groups excluding carboxylic acids is 1. The molecule has 1 aromatic heterocycles. The van der Waals surface area contributed by atoms with Crippen LogP contribution in [0.3, 0.4) is 0 Å². The minimum absolute atomic E-state index is 0.0343. The third kappa shape index (κ3) is 5.63. The first-order chi connectivity index (χ1) is 12.2.